The Kier molecular flexibility index (Phi) is 6.65. The van der Waals surface area contributed by atoms with Crippen molar-refractivity contribution < 1.29 is 36.7 Å². The standard InChI is InChI=1S/C20H20F2N2O3S2.CH2O3/c1-12-18(19(12,2)13-7-5-4-6-8-13)24-29(25,26)17-10-9-15(28-17)14-11-16(27-23-14)20(3,21)22;2-1(3)4/h4-12,18,24H,1-3H3;(H2,2,3,4)/t12-,18-,19+;/m0./s1. The van der Waals surface area contributed by atoms with Crippen LogP contribution in [0, 0.1) is 5.92 Å². The zero-order valence-electron chi connectivity index (χ0n) is 17.8. The number of rotatable bonds is 6. The van der Waals surface area contributed by atoms with Crippen LogP contribution >= 0.6 is 11.3 Å². The normalized spacial score (nSPS) is 22.3. The van der Waals surface area contributed by atoms with Gasteiger partial charge in [-0.05, 0) is 23.6 Å². The summed E-state index contributed by atoms with van der Waals surface area (Å²) in [5.74, 6) is -3.57. The molecule has 1 fully saturated rings. The van der Waals surface area contributed by atoms with Crippen LogP contribution < -0.4 is 4.72 Å². The molecule has 0 radical (unpaired) electrons. The lowest BCUT2D eigenvalue weighted by Gasteiger charge is -2.12. The van der Waals surface area contributed by atoms with E-state index in [1.54, 1.807) is 6.07 Å². The molecule has 0 unspecified atom stereocenters. The average Bonchev–Trinajstić information content (AvgIpc) is 3.21. The van der Waals surface area contributed by atoms with E-state index in [2.05, 4.69) is 14.4 Å². The zero-order valence-corrected chi connectivity index (χ0v) is 19.5. The highest BCUT2D eigenvalue weighted by atomic mass is 32.2. The van der Waals surface area contributed by atoms with Crippen LogP contribution in [0.4, 0.5) is 13.6 Å². The highest BCUT2D eigenvalue weighted by molar-refractivity contribution is 7.91. The number of aromatic nitrogens is 1. The molecule has 1 saturated carbocycles. The Labute approximate surface area is 192 Å². The summed E-state index contributed by atoms with van der Waals surface area (Å²) >= 11 is 0.966. The topological polar surface area (TPSA) is 130 Å². The van der Waals surface area contributed by atoms with Gasteiger partial charge in [0.05, 0.1) is 4.88 Å². The summed E-state index contributed by atoms with van der Waals surface area (Å²) in [5, 5.41) is 17.6. The summed E-state index contributed by atoms with van der Waals surface area (Å²) in [5.41, 5.74) is 0.992. The minimum atomic E-state index is -3.76. The lowest BCUT2D eigenvalue weighted by molar-refractivity contribution is -0.0105. The Bertz CT molecular complexity index is 1230. The number of benzene rings is 1. The molecule has 3 aromatic rings. The van der Waals surface area contributed by atoms with E-state index in [4.69, 9.17) is 15.0 Å². The van der Waals surface area contributed by atoms with E-state index in [0.717, 1.165) is 23.0 Å². The second kappa shape index (κ2) is 8.84. The molecule has 0 saturated heterocycles. The van der Waals surface area contributed by atoms with Gasteiger partial charge in [0, 0.05) is 24.4 Å². The number of nitrogens with zero attached hydrogens (tertiary/aromatic N) is 1. The van der Waals surface area contributed by atoms with Crippen molar-refractivity contribution >= 4 is 27.5 Å². The van der Waals surface area contributed by atoms with Crippen LogP contribution in [0.3, 0.4) is 0 Å². The van der Waals surface area contributed by atoms with Crippen LogP contribution in [-0.2, 0) is 21.4 Å². The molecular formula is C21H22F2N2O6S2. The smallest absolute Gasteiger partial charge is 0.450 e. The highest BCUT2D eigenvalue weighted by Crippen LogP contribution is 2.54. The van der Waals surface area contributed by atoms with Gasteiger partial charge in [-0.3, -0.25) is 0 Å². The lowest BCUT2D eigenvalue weighted by atomic mass is 9.95. The number of hydrogen-bond acceptors (Lipinski definition) is 6. The Balaban J connectivity index is 0.000000709. The summed E-state index contributed by atoms with van der Waals surface area (Å²) in [7, 11) is -3.76. The van der Waals surface area contributed by atoms with Crippen molar-refractivity contribution in [2.24, 2.45) is 5.92 Å². The summed E-state index contributed by atoms with van der Waals surface area (Å²) < 4.78 is 60.1. The Morgan fingerprint density at radius 3 is 2.36 bits per heavy atom. The molecular weight excluding hydrogens is 478 g/mol. The maximum atomic E-state index is 13.3. The van der Waals surface area contributed by atoms with E-state index in [1.807, 2.05) is 44.2 Å². The van der Waals surface area contributed by atoms with E-state index in [-0.39, 0.29) is 27.3 Å². The van der Waals surface area contributed by atoms with E-state index < -0.39 is 27.9 Å². The van der Waals surface area contributed by atoms with E-state index in [1.165, 1.54) is 6.07 Å². The number of halogens is 2. The maximum absolute atomic E-state index is 13.3. The third-order valence-corrected chi connectivity index (χ3v) is 8.74. The third kappa shape index (κ3) is 5.23. The first-order valence-electron chi connectivity index (χ1n) is 9.71. The molecule has 1 aliphatic rings. The molecule has 4 rings (SSSR count). The SMILES string of the molecule is C[C@H]1[C@H](NS(=O)(=O)c2ccc(-c3cc(C(C)(F)F)on3)s2)[C@@]1(C)c1ccccc1.O=C(O)O. The Morgan fingerprint density at radius 1 is 1.21 bits per heavy atom. The van der Waals surface area contributed by atoms with Gasteiger partial charge in [0.25, 0.3) is 0 Å². The van der Waals surface area contributed by atoms with Crippen molar-refractivity contribution in [3.05, 3.63) is 59.9 Å². The van der Waals surface area contributed by atoms with Gasteiger partial charge in [0.1, 0.15) is 9.90 Å². The molecule has 0 amide bonds. The van der Waals surface area contributed by atoms with Crippen LogP contribution in [0.2, 0.25) is 0 Å². The third-order valence-electron chi connectivity index (χ3n) is 5.70. The summed E-state index contributed by atoms with van der Waals surface area (Å²) in [6.45, 7) is 4.77. The van der Waals surface area contributed by atoms with Crippen LogP contribution in [0.15, 0.2) is 57.3 Å². The molecule has 33 heavy (non-hydrogen) atoms. The number of sulfonamides is 1. The van der Waals surface area contributed by atoms with Crippen LogP contribution in [0.1, 0.15) is 32.1 Å². The number of alkyl halides is 2. The first-order chi connectivity index (χ1) is 15.3. The molecule has 178 valence electrons. The zero-order chi connectivity index (χ0) is 24.6. The predicted octanol–water partition coefficient (Wildman–Crippen LogP) is 4.99. The van der Waals surface area contributed by atoms with Crippen molar-refractivity contribution in [3.63, 3.8) is 0 Å². The fraction of sp³-hybridized carbons (Fsp3) is 0.333. The summed E-state index contributed by atoms with van der Waals surface area (Å²) in [6.07, 6.45) is -1.83. The largest absolute Gasteiger partial charge is 0.503 e. The molecule has 3 N–H and O–H groups in total. The first-order valence-corrected chi connectivity index (χ1v) is 12.0. The van der Waals surface area contributed by atoms with Crippen molar-refractivity contribution in [1.29, 1.82) is 0 Å². The Hall–Kier alpha value is -2.83. The van der Waals surface area contributed by atoms with Gasteiger partial charge in [-0.25, -0.2) is 17.9 Å². The van der Waals surface area contributed by atoms with Crippen LogP contribution in [-0.4, -0.2) is 36.0 Å². The number of carboxylic acid groups (broad SMARTS) is 2. The Morgan fingerprint density at radius 2 is 1.82 bits per heavy atom. The van der Waals surface area contributed by atoms with E-state index in [9.17, 15) is 17.2 Å². The molecule has 1 aromatic carbocycles. The van der Waals surface area contributed by atoms with Crippen molar-refractivity contribution in [3.8, 4) is 10.6 Å². The van der Waals surface area contributed by atoms with Crippen molar-refractivity contribution in [2.75, 3.05) is 0 Å². The molecule has 0 spiro atoms. The number of hydrogen-bond donors (Lipinski definition) is 3. The van der Waals surface area contributed by atoms with Gasteiger partial charge in [-0.15, -0.1) is 11.3 Å². The van der Waals surface area contributed by atoms with Crippen molar-refractivity contribution in [1.82, 2.24) is 9.88 Å². The molecule has 0 bridgehead atoms. The van der Waals surface area contributed by atoms with Gasteiger partial charge in [0.15, 0.2) is 0 Å². The lowest BCUT2D eigenvalue weighted by Crippen LogP contribution is -2.30. The second-order valence-electron chi connectivity index (χ2n) is 7.90. The molecule has 8 nitrogen and oxygen atoms in total. The first kappa shape index (κ1) is 24.8. The van der Waals surface area contributed by atoms with E-state index in [0.29, 0.717) is 11.8 Å². The van der Waals surface area contributed by atoms with Crippen molar-refractivity contribution in [2.45, 2.75) is 42.4 Å². The summed E-state index contributed by atoms with van der Waals surface area (Å²) in [6, 6.07) is 13.7. The number of carbonyl (C=O) groups is 1. The highest BCUT2D eigenvalue weighted by Gasteiger charge is 2.60. The van der Waals surface area contributed by atoms with Gasteiger partial charge in [-0.1, -0.05) is 49.3 Å². The predicted molar refractivity (Wildman–Crippen MR) is 117 cm³/mol. The number of thiophene rings is 1. The molecule has 1 aliphatic carbocycles. The second-order valence-corrected chi connectivity index (χ2v) is 10.9. The average molecular weight is 501 g/mol. The molecule has 0 aliphatic heterocycles. The summed E-state index contributed by atoms with van der Waals surface area (Å²) in [4.78, 5) is 9.00. The van der Waals surface area contributed by atoms with Gasteiger partial charge >= 0.3 is 12.1 Å². The van der Waals surface area contributed by atoms with Gasteiger partial charge in [-0.2, -0.15) is 8.78 Å². The fourth-order valence-electron chi connectivity index (χ4n) is 3.62. The monoisotopic (exact) mass is 500 g/mol. The minimum Gasteiger partial charge on any atom is -0.450 e. The van der Waals surface area contributed by atoms with Gasteiger partial charge in [0.2, 0.25) is 15.8 Å². The van der Waals surface area contributed by atoms with Crippen LogP contribution in [0.25, 0.3) is 10.6 Å². The fourth-order valence-corrected chi connectivity index (χ4v) is 6.31. The van der Waals surface area contributed by atoms with Gasteiger partial charge < -0.3 is 14.7 Å². The molecule has 2 heterocycles. The molecule has 2 aromatic heterocycles. The maximum Gasteiger partial charge on any atom is 0.503 e. The van der Waals surface area contributed by atoms with E-state index >= 15 is 0 Å². The minimum absolute atomic E-state index is 0.106. The molecule has 12 heteroatoms. The quantitative estimate of drug-likeness (QED) is 0.435. The molecule has 3 atom stereocenters. The van der Waals surface area contributed by atoms with Crippen LogP contribution in [0.5, 0.6) is 0 Å². The number of nitrogens with one attached hydrogen (secondary N) is 1.